The van der Waals surface area contributed by atoms with Gasteiger partial charge in [-0.2, -0.15) is 10.1 Å². The van der Waals surface area contributed by atoms with Crippen LogP contribution in [0, 0.1) is 17.0 Å². The van der Waals surface area contributed by atoms with Crippen LogP contribution in [0.15, 0.2) is 4.52 Å². The lowest BCUT2D eigenvalue weighted by Gasteiger charge is -2.34. The average Bonchev–Trinajstić information content (AvgIpc) is 3.07. The minimum absolute atomic E-state index is 0.0509. The van der Waals surface area contributed by atoms with Gasteiger partial charge in [0.1, 0.15) is 11.7 Å². The fraction of sp³-hybridized carbons (Fsp3) is 0.643. The second kappa shape index (κ2) is 5.86. The molecular weight excluding hydrogens is 314 g/mol. The number of aromatic nitrogens is 4. The monoisotopic (exact) mass is 335 g/mol. The van der Waals surface area contributed by atoms with Crippen molar-refractivity contribution < 1.29 is 9.45 Å². The number of nitrogens with one attached hydrogen (secondary N) is 1. The molecule has 0 aromatic carbocycles. The van der Waals surface area contributed by atoms with Crippen molar-refractivity contribution in [3.8, 4) is 0 Å². The second-order valence-electron chi connectivity index (χ2n) is 6.23. The molecule has 0 radical (unpaired) electrons. The summed E-state index contributed by atoms with van der Waals surface area (Å²) in [5.41, 5.74) is 6.01. The number of hydrogen-bond donors (Lipinski definition) is 2. The van der Waals surface area contributed by atoms with Crippen LogP contribution in [0.2, 0.25) is 0 Å². The van der Waals surface area contributed by atoms with Crippen molar-refractivity contribution >= 4 is 11.5 Å². The van der Waals surface area contributed by atoms with E-state index in [-0.39, 0.29) is 11.7 Å². The Morgan fingerprint density at radius 3 is 2.79 bits per heavy atom. The normalized spacial score (nSPS) is 17.3. The standard InChI is InChI=1S/C14H21N7O3/c1-4-9(12-17-13(19-24-12)14(15)6-5-7-14)16-11-10(21(22)23)8(2)18-20(11)3/h9,16H,4-7,15H2,1-3H3. The zero-order valence-corrected chi connectivity index (χ0v) is 13.9. The summed E-state index contributed by atoms with van der Waals surface area (Å²) >= 11 is 0. The molecule has 0 saturated heterocycles. The van der Waals surface area contributed by atoms with Crippen LogP contribution in [0.4, 0.5) is 11.5 Å². The first kappa shape index (κ1) is 16.4. The first-order chi connectivity index (χ1) is 11.4. The first-order valence-electron chi connectivity index (χ1n) is 7.93. The van der Waals surface area contributed by atoms with Crippen molar-refractivity contribution in [1.82, 2.24) is 19.9 Å². The fourth-order valence-electron chi connectivity index (χ4n) is 2.89. The van der Waals surface area contributed by atoms with Crippen LogP contribution in [-0.2, 0) is 12.6 Å². The van der Waals surface area contributed by atoms with Gasteiger partial charge in [-0.1, -0.05) is 12.1 Å². The molecule has 10 nitrogen and oxygen atoms in total. The van der Waals surface area contributed by atoms with Gasteiger partial charge < -0.3 is 15.6 Å². The summed E-state index contributed by atoms with van der Waals surface area (Å²) in [5, 5.41) is 22.5. The van der Waals surface area contributed by atoms with E-state index in [0.29, 0.717) is 29.6 Å². The highest BCUT2D eigenvalue weighted by Crippen LogP contribution is 2.38. The lowest BCUT2D eigenvalue weighted by atomic mass is 9.77. The third-order valence-corrected chi connectivity index (χ3v) is 4.52. The van der Waals surface area contributed by atoms with Gasteiger partial charge in [0.25, 0.3) is 0 Å². The molecule has 1 saturated carbocycles. The smallest absolute Gasteiger partial charge is 0.333 e. The van der Waals surface area contributed by atoms with Gasteiger partial charge in [0.05, 0.1) is 10.5 Å². The van der Waals surface area contributed by atoms with Crippen molar-refractivity contribution in [3.05, 3.63) is 27.5 Å². The summed E-state index contributed by atoms with van der Waals surface area (Å²) in [6.07, 6.45) is 3.34. The van der Waals surface area contributed by atoms with Crippen molar-refractivity contribution in [2.75, 3.05) is 5.32 Å². The third-order valence-electron chi connectivity index (χ3n) is 4.52. The van der Waals surface area contributed by atoms with Gasteiger partial charge in [-0.05, 0) is 32.6 Å². The van der Waals surface area contributed by atoms with Gasteiger partial charge in [0.15, 0.2) is 5.82 Å². The van der Waals surface area contributed by atoms with E-state index in [4.69, 9.17) is 10.3 Å². The minimum atomic E-state index is -0.505. The van der Waals surface area contributed by atoms with E-state index in [9.17, 15) is 10.1 Å². The number of aryl methyl sites for hydroxylation is 2. The number of hydrogen-bond acceptors (Lipinski definition) is 8. The Balaban J connectivity index is 1.87. The molecule has 3 N–H and O–H groups in total. The van der Waals surface area contributed by atoms with E-state index in [0.717, 1.165) is 19.3 Å². The highest BCUT2D eigenvalue weighted by atomic mass is 16.6. The summed E-state index contributed by atoms with van der Waals surface area (Å²) in [4.78, 5) is 15.3. The zero-order valence-electron chi connectivity index (χ0n) is 13.9. The molecule has 2 aromatic rings. The van der Waals surface area contributed by atoms with Crippen LogP contribution in [0.3, 0.4) is 0 Å². The topological polar surface area (TPSA) is 138 Å². The molecule has 3 rings (SSSR count). The fourth-order valence-corrected chi connectivity index (χ4v) is 2.89. The molecular formula is C14H21N7O3. The van der Waals surface area contributed by atoms with E-state index in [2.05, 4.69) is 20.6 Å². The maximum absolute atomic E-state index is 11.3. The Kier molecular flexibility index (Phi) is 3.99. The molecule has 1 atom stereocenters. The Morgan fingerprint density at radius 2 is 2.25 bits per heavy atom. The lowest BCUT2D eigenvalue weighted by Crippen LogP contribution is -2.44. The maximum atomic E-state index is 11.3. The highest BCUT2D eigenvalue weighted by molar-refractivity contribution is 5.60. The van der Waals surface area contributed by atoms with Gasteiger partial charge in [-0.3, -0.25) is 10.1 Å². The highest BCUT2D eigenvalue weighted by Gasteiger charge is 2.39. The number of nitro groups is 1. The molecule has 10 heteroatoms. The number of nitrogens with zero attached hydrogens (tertiary/aromatic N) is 5. The molecule has 2 aromatic heterocycles. The van der Waals surface area contributed by atoms with Crippen LogP contribution >= 0.6 is 0 Å². The first-order valence-corrected chi connectivity index (χ1v) is 7.93. The van der Waals surface area contributed by atoms with Gasteiger partial charge >= 0.3 is 5.69 Å². The van der Waals surface area contributed by atoms with Crippen LogP contribution < -0.4 is 11.1 Å². The van der Waals surface area contributed by atoms with Crippen LogP contribution in [0.1, 0.15) is 56.1 Å². The zero-order chi connectivity index (χ0) is 17.5. The quantitative estimate of drug-likeness (QED) is 0.603. The predicted molar refractivity (Wildman–Crippen MR) is 85.3 cm³/mol. The van der Waals surface area contributed by atoms with E-state index < -0.39 is 10.5 Å². The van der Waals surface area contributed by atoms with Gasteiger partial charge in [-0.25, -0.2) is 4.68 Å². The molecule has 0 amide bonds. The summed E-state index contributed by atoms with van der Waals surface area (Å²) < 4.78 is 6.80. The van der Waals surface area contributed by atoms with Crippen LogP contribution in [-0.4, -0.2) is 24.8 Å². The van der Waals surface area contributed by atoms with Crippen LogP contribution in [0.5, 0.6) is 0 Å². The van der Waals surface area contributed by atoms with Crippen molar-refractivity contribution in [3.63, 3.8) is 0 Å². The summed E-state index contributed by atoms with van der Waals surface area (Å²) in [5.74, 6) is 1.19. The summed E-state index contributed by atoms with van der Waals surface area (Å²) in [6.45, 7) is 3.53. The number of anilines is 1. The third kappa shape index (κ3) is 2.62. The Hall–Kier alpha value is -2.49. The molecule has 0 spiro atoms. The van der Waals surface area contributed by atoms with Crippen LogP contribution in [0.25, 0.3) is 0 Å². The second-order valence-corrected chi connectivity index (χ2v) is 6.23. The molecule has 0 bridgehead atoms. The van der Waals surface area contributed by atoms with E-state index in [1.807, 2.05) is 6.92 Å². The van der Waals surface area contributed by atoms with E-state index in [1.165, 1.54) is 4.68 Å². The molecule has 1 aliphatic rings. The SMILES string of the molecule is CCC(Nc1c([N+](=O)[O-])c(C)nn1C)c1nc(C2(N)CCC2)no1. The average molecular weight is 335 g/mol. The van der Waals surface area contributed by atoms with E-state index >= 15 is 0 Å². The van der Waals surface area contributed by atoms with Gasteiger partial charge in [0.2, 0.25) is 11.7 Å². The Labute approximate surface area is 138 Å². The van der Waals surface area contributed by atoms with Crippen molar-refractivity contribution in [1.29, 1.82) is 0 Å². The lowest BCUT2D eigenvalue weighted by molar-refractivity contribution is -0.384. The van der Waals surface area contributed by atoms with Gasteiger partial charge in [-0.15, -0.1) is 0 Å². The molecule has 0 aliphatic heterocycles. The molecule has 1 fully saturated rings. The minimum Gasteiger partial charge on any atom is -0.353 e. The molecule has 1 aliphatic carbocycles. The summed E-state index contributed by atoms with van der Waals surface area (Å²) in [6, 6.07) is -0.358. The Bertz CT molecular complexity index is 763. The van der Waals surface area contributed by atoms with Gasteiger partial charge in [0, 0.05) is 7.05 Å². The molecule has 130 valence electrons. The van der Waals surface area contributed by atoms with Crippen molar-refractivity contribution in [2.24, 2.45) is 12.8 Å². The summed E-state index contributed by atoms with van der Waals surface area (Å²) in [7, 11) is 1.65. The van der Waals surface area contributed by atoms with Crippen molar-refractivity contribution in [2.45, 2.75) is 51.1 Å². The Morgan fingerprint density at radius 1 is 1.54 bits per heavy atom. The number of rotatable bonds is 6. The maximum Gasteiger partial charge on any atom is 0.333 e. The molecule has 24 heavy (non-hydrogen) atoms. The molecule has 2 heterocycles. The number of nitrogens with two attached hydrogens (primary N) is 1. The van der Waals surface area contributed by atoms with E-state index in [1.54, 1.807) is 14.0 Å². The molecule has 1 unspecified atom stereocenters. The largest absolute Gasteiger partial charge is 0.353 e. The predicted octanol–water partition coefficient (Wildman–Crippen LogP) is 1.92.